The van der Waals surface area contributed by atoms with Crippen LogP contribution in [0.4, 0.5) is 0 Å². The Morgan fingerprint density at radius 2 is 2.07 bits per heavy atom. The predicted octanol–water partition coefficient (Wildman–Crippen LogP) is 1.43. The van der Waals surface area contributed by atoms with Crippen molar-refractivity contribution >= 4 is 5.91 Å². The third-order valence-corrected chi connectivity index (χ3v) is 3.71. The Balaban J connectivity index is 1.70. The average molecular weight is 210 g/mol. The van der Waals surface area contributed by atoms with Gasteiger partial charge in [0.15, 0.2) is 0 Å². The lowest BCUT2D eigenvalue weighted by atomic mass is 9.87. The molecule has 0 aromatic rings. The van der Waals surface area contributed by atoms with Crippen LogP contribution in [-0.2, 0) is 4.79 Å². The van der Waals surface area contributed by atoms with Crippen molar-refractivity contribution < 1.29 is 4.79 Å². The van der Waals surface area contributed by atoms with Gasteiger partial charge in [0, 0.05) is 12.1 Å². The topological polar surface area (TPSA) is 41.1 Å². The third kappa shape index (κ3) is 2.94. The maximum atomic E-state index is 11.5. The fraction of sp³-hybridized carbons (Fsp3) is 0.917. The SMILES string of the molecule is CC1(C)CCCC1NCC(=O)NC1CC1. The van der Waals surface area contributed by atoms with Crippen LogP contribution < -0.4 is 10.6 Å². The molecular weight excluding hydrogens is 188 g/mol. The molecule has 2 aliphatic rings. The lowest BCUT2D eigenvalue weighted by Crippen LogP contribution is -2.44. The van der Waals surface area contributed by atoms with Crippen LogP contribution in [0.1, 0.15) is 46.0 Å². The van der Waals surface area contributed by atoms with Gasteiger partial charge in [-0.15, -0.1) is 0 Å². The van der Waals surface area contributed by atoms with Crippen LogP contribution >= 0.6 is 0 Å². The maximum absolute atomic E-state index is 11.5. The van der Waals surface area contributed by atoms with E-state index < -0.39 is 0 Å². The Morgan fingerprint density at radius 1 is 1.33 bits per heavy atom. The van der Waals surface area contributed by atoms with Gasteiger partial charge in [-0.2, -0.15) is 0 Å². The Labute approximate surface area is 92.0 Å². The molecule has 0 saturated heterocycles. The Morgan fingerprint density at radius 3 is 2.60 bits per heavy atom. The first-order valence-electron chi connectivity index (χ1n) is 6.11. The van der Waals surface area contributed by atoms with Gasteiger partial charge in [0.05, 0.1) is 6.54 Å². The number of carbonyl (C=O) groups is 1. The van der Waals surface area contributed by atoms with E-state index in [1.165, 1.54) is 32.1 Å². The molecule has 0 bridgehead atoms. The van der Waals surface area contributed by atoms with E-state index in [2.05, 4.69) is 24.5 Å². The lowest BCUT2D eigenvalue weighted by Gasteiger charge is -2.27. The Bertz CT molecular complexity index is 246. The van der Waals surface area contributed by atoms with E-state index in [1.807, 2.05) is 0 Å². The normalized spacial score (nSPS) is 29.1. The standard InChI is InChI=1S/C12H22N2O/c1-12(2)7-3-4-10(12)13-8-11(15)14-9-5-6-9/h9-10,13H,3-8H2,1-2H3,(H,14,15). The molecule has 0 aliphatic heterocycles. The van der Waals surface area contributed by atoms with Gasteiger partial charge in [0.2, 0.25) is 5.91 Å². The molecule has 0 heterocycles. The highest BCUT2D eigenvalue weighted by molar-refractivity contribution is 5.78. The van der Waals surface area contributed by atoms with Gasteiger partial charge in [0.1, 0.15) is 0 Å². The number of nitrogens with one attached hydrogen (secondary N) is 2. The molecule has 86 valence electrons. The van der Waals surface area contributed by atoms with Crippen LogP contribution in [0.3, 0.4) is 0 Å². The zero-order chi connectivity index (χ0) is 10.9. The zero-order valence-corrected chi connectivity index (χ0v) is 9.81. The van der Waals surface area contributed by atoms with Gasteiger partial charge in [-0.25, -0.2) is 0 Å². The van der Waals surface area contributed by atoms with Gasteiger partial charge in [-0.3, -0.25) is 4.79 Å². The van der Waals surface area contributed by atoms with Crippen LogP contribution in [0.25, 0.3) is 0 Å². The highest BCUT2D eigenvalue weighted by Crippen LogP contribution is 2.36. The smallest absolute Gasteiger partial charge is 0.234 e. The van der Waals surface area contributed by atoms with E-state index in [1.54, 1.807) is 0 Å². The largest absolute Gasteiger partial charge is 0.352 e. The number of carbonyl (C=O) groups excluding carboxylic acids is 1. The minimum absolute atomic E-state index is 0.167. The molecule has 2 rings (SSSR count). The molecule has 3 heteroatoms. The average Bonchev–Trinajstić information content (AvgIpc) is 2.88. The molecule has 15 heavy (non-hydrogen) atoms. The van der Waals surface area contributed by atoms with Crippen molar-refractivity contribution in [2.45, 2.75) is 58.0 Å². The molecule has 2 saturated carbocycles. The molecule has 1 unspecified atom stereocenters. The summed E-state index contributed by atoms with van der Waals surface area (Å²) >= 11 is 0. The Hall–Kier alpha value is -0.570. The van der Waals surface area contributed by atoms with Crippen molar-refractivity contribution in [3.8, 4) is 0 Å². The molecule has 2 N–H and O–H groups in total. The second-order valence-electron chi connectivity index (χ2n) is 5.66. The van der Waals surface area contributed by atoms with Gasteiger partial charge in [-0.05, 0) is 31.1 Å². The van der Waals surface area contributed by atoms with E-state index in [9.17, 15) is 4.79 Å². The van der Waals surface area contributed by atoms with Gasteiger partial charge in [0.25, 0.3) is 0 Å². The third-order valence-electron chi connectivity index (χ3n) is 3.71. The molecule has 0 aromatic carbocycles. The summed E-state index contributed by atoms with van der Waals surface area (Å²) in [6.45, 7) is 5.07. The number of hydrogen-bond acceptors (Lipinski definition) is 2. The molecule has 2 aliphatic carbocycles. The second-order valence-corrected chi connectivity index (χ2v) is 5.66. The highest BCUT2D eigenvalue weighted by Gasteiger charge is 2.34. The molecular formula is C12H22N2O. The summed E-state index contributed by atoms with van der Waals surface area (Å²) in [5.74, 6) is 0.167. The Kier molecular flexibility index (Phi) is 3.01. The summed E-state index contributed by atoms with van der Waals surface area (Å²) in [5.41, 5.74) is 0.361. The predicted molar refractivity (Wildman–Crippen MR) is 60.6 cm³/mol. The first kappa shape index (κ1) is 10.9. The van der Waals surface area contributed by atoms with Crippen molar-refractivity contribution in [1.82, 2.24) is 10.6 Å². The maximum Gasteiger partial charge on any atom is 0.234 e. The monoisotopic (exact) mass is 210 g/mol. The molecule has 2 fully saturated rings. The van der Waals surface area contributed by atoms with Gasteiger partial charge >= 0.3 is 0 Å². The first-order valence-corrected chi connectivity index (χ1v) is 6.11. The fourth-order valence-electron chi connectivity index (χ4n) is 2.43. The van der Waals surface area contributed by atoms with Crippen LogP contribution in [0.15, 0.2) is 0 Å². The van der Waals surface area contributed by atoms with E-state index in [4.69, 9.17) is 0 Å². The fourth-order valence-corrected chi connectivity index (χ4v) is 2.43. The first-order chi connectivity index (χ1) is 7.08. The summed E-state index contributed by atoms with van der Waals surface area (Å²) in [4.78, 5) is 11.5. The van der Waals surface area contributed by atoms with Crippen molar-refractivity contribution in [3.05, 3.63) is 0 Å². The van der Waals surface area contributed by atoms with Crippen molar-refractivity contribution in [3.63, 3.8) is 0 Å². The lowest BCUT2D eigenvalue weighted by molar-refractivity contribution is -0.120. The summed E-state index contributed by atoms with van der Waals surface area (Å²) in [7, 11) is 0. The molecule has 1 amide bonds. The summed E-state index contributed by atoms with van der Waals surface area (Å²) in [5, 5.41) is 6.40. The van der Waals surface area contributed by atoms with Crippen LogP contribution in [0, 0.1) is 5.41 Å². The van der Waals surface area contributed by atoms with Crippen molar-refractivity contribution in [2.24, 2.45) is 5.41 Å². The summed E-state index contributed by atoms with van der Waals surface area (Å²) in [6.07, 6.45) is 6.11. The van der Waals surface area contributed by atoms with Gasteiger partial charge in [-0.1, -0.05) is 20.3 Å². The molecule has 0 radical (unpaired) electrons. The van der Waals surface area contributed by atoms with Crippen molar-refractivity contribution in [2.75, 3.05) is 6.54 Å². The zero-order valence-electron chi connectivity index (χ0n) is 9.81. The molecule has 0 spiro atoms. The minimum atomic E-state index is 0.167. The molecule has 0 aromatic heterocycles. The highest BCUT2D eigenvalue weighted by atomic mass is 16.2. The van der Waals surface area contributed by atoms with E-state index in [0.29, 0.717) is 24.0 Å². The van der Waals surface area contributed by atoms with Crippen LogP contribution in [0.5, 0.6) is 0 Å². The summed E-state index contributed by atoms with van der Waals surface area (Å²) in [6, 6.07) is 0.998. The van der Waals surface area contributed by atoms with E-state index >= 15 is 0 Å². The van der Waals surface area contributed by atoms with E-state index in [-0.39, 0.29) is 5.91 Å². The van der Waals surface area contributed by atoms with Crippen LogP contribution in [-0.4, -0.2) is 24.5 Å². The molecule has 1 atom stereocenters. The molecule has 3 nitrogen and oxygen atoms in total. The minimum Gasteiger partial charge on any atom is -0.352 e. The summed E-state index contributed by atoms with van der Waals surface area (Å²) < 4.78 is 0. The van der Waals surface area contributed by atoms with Crippen molar-refractivity contribution in [1.29, 1.82) is 0 Å². The van der Waals surface area contributed by atoms with Crippen LogP contribution in [0.2, 0.25) is 0 Å². The van der Waals surface area contributed by atoms with Gasteiger partial charge < -0.3 is 10.6 Å². The number of rotatable bonds is 4. The second kappa shape index (κ2) is 4.12. The van der Waals surface area contributed by atoms with E-state index in [0.717, 1.165) is 0 Å². The number of hydrogen-bond donors (Lipinski definition) is 2. The quantitative estimate of drug-likeness (QED) is 0.737. The number of amides is 1.